The van der Waals surface area contributed by atoms with Crippen molar-refractivity contribution in [3.63, 3.8) is 0 Å². The van der Waals surface area contributed by atoms with Gasteiger partial charge in [0.25, 0.3) is 11.8 Å². The van der Waals surface area contributed by atoms with Gasteiger partial charge in [-0.1, -0.05) is 19.4 Å². The van der Waals surface area contributed by atoms with Crippen LogP contribution in [0.5, 0.6) is 5.75 Å². The summed E-state index contributed by atoms with van der Waals surface area (Å²) in [6, 6.07) is 14.0. The molecule has 0 spiro atoms. The van der Waals surface area contributed by atoms with E-state index in [4.69, 9.17) is 4.74 Å². The maximum atomic E-state index is 12.2. The molecule has 0 fully saturated rings. The van der Waals surface area contributed by atoms with Gasteiger partial charge in [0.15, 0.2) is 0 Å². The number of carbonyl (C=O) groups is 2. The van der Waals surface area contributed by atoms with Crippen molar-refractivity contribution in [2.75, 3.05) is 25.6 Å². The third kappa shape index (κ3) is 5.51. The summed E-state index contributed by atoms with van der Waals surface area (Å²) in [7, 11) is 3.79. The van der Waals surface area contributed by atoms with Gasteiger partial charge < -0.3 is 9.64 Å². The highest BCUT2D eigenvalue weighted by atomic mass is 16.5. The number of unbranched alkanes of at least 4 members (excludes halogenated alkanes) is 1. The smallest absolute Gasteiger partial charge is 0.269 e. The molecule has 2 aromatic rings. The fourth-order valence-corrected chi connectivity index (χ4v) is 2.22. The molecule has 0 aromatic heterocycles. The number of hydrogen-bond donors (Lipinski definition) is 2. The molecule has 2 amide bonds. The van der Waals surface area contributed by atoms with Crippen molar-refractivity contribution >= 4 is 17.5 Å². The molecule has 2 N–H and O–H groups in total. The van der Waals surface area contributed by atoms with Crippen LogP contribution in [0.25, 0.3) is 0 Å². The maximum Gasteiger partial charge on any atom is 0.269 e. The highest BCUT2D eigenvalue weighted by Crippen LogP contribution is 2.14. The van der Waals surface area contributed by atoms with Crippen molar-refractivity contribution in [2.45, 2.75) is 19.8 Å². The van der Waals surface area contributed by atoms with E-state index in [1.54, 1.807) is 42.5 Å². The van der Waals surface area contributed by atoms with E-state index in [0.29, 0.717) is 17.7 Å². The number of rotatable bonds is 7. The lowest BCUT2D eigenvalue weighted by molar-refractivity contribution is 0.0846. The molecule has 0 aliphatic rings. The number of nitrogens with one attached hydrogen (secondary N) is 2. The van der Waals surface area contributed by atoms with Crippen LogP contribution in [0.4, 0.5) is 5.69 Å². The summed E-state index contributed by atoms with van der Waals surface area (Å²) in [6.07, 6.45) is 2.06. The monoisotopic (exact) mass is 355 g/mol. The number of nitrogens with zero attached hydrogens (tertiary/aromatic N) is 1. The van der Waals surface area contributed by atoms with Gasteiger partial charge in [-0.05, 0) is 48.9 Å². The summed E-state index contributed by atoms with van der Waals surface area (Å²) in [5, 5.41) is 0. The quantitative estimate of drug-likeness (QED) is 0.592. The number of anilines is 1. The lowest BCUT2D eigenvalue weighted by Crippen LogP contribution is -2.41. The van der Waals surface area contributed by atoms with Gasteiger partial charge in [-0.3, -0.25) is 20.4 Å². The van der Waals surface area contributed by atoms with Crippen molar-refractivity contribution in [3.8, 4) is 5.75 Å². The summed E-state index contributed by atoms with van der Waals surface area (Å²) < 4.78 is 5.56. The van der Waals surface area contributed by atoms with E-state index >= 15 is 0 Å². The standard InChI is InChI=1S/C20H25N3O3/c1-4-5-13-26-18-11-9-15(10-12-18)19(24)21-22-20(25)16-7-6-8-17(14-16)23(2)3/h6-12,14H,4-5,13H2,1-3H3,(H,21,24)(H,22,25). The zero-order valence-corrected chi connectivity index (χ0v) is 15.4. The molecule has 0 bridgehead atoms. The predicted molar refractivity (Wildman–Crippen MR) is 103 cm³/mol. The Hall–Kier alpha value is -3.02. The molecule has 0 atom stereocenters. The van der Waals surface area contributed by atoms with E-state index < -0.39 is 0 Å². The SMILES string of the molecule is CCCCOc1ccc(C(=O)NNC(=O)c2cccc(N(C)C)c2)cc1. The van der Waals surface area contributed by atoms with Gasteiger partial charge in [0, 0.05) is 30.9 Å². The Balaban J connectivity index is 1.89. The minimum Gasteiger partial charge on any atom is -0.494 e. The molecule has 2 rings (SSSR count). The van der Waals surface area contributed by atoms with Crippen molar-refractivity contribution < 1.29 is 14.3 Å². The molecule has 0 heterocycles. The van der Waals surface area contributed by atoms with Crippen LogP contribution in [0.2, 0.25) is 0 Å². The zero-order valence-electron chi connectivity index (χ0n) is 15.4. The summed E-state index contributed by atoms with van der Waals surface area (Å²) in [5.74, 6) is -0.0386. The Kier molecular flexibility index (Phi) is 7.02. The molecular formula is C20H25N3O3. The molecule has 138 valence electrons. The molecular weight excluding hydrogens is 330 g/mol. The van der Waals surface area contributed by atoms with Crippen LogP contribution in [0, 0.1) is 0 Å². The Bertz CT molecular complexity index is 742. The molecule has 0 saturated carbocycles. The topological polar surface area (TPSA) is 70.7 Å². The van der Waals surface area contributed by atoms with Crippen LogP contribution >= 0.6 is 0 Å². The van der Waals surface area contributed by atoms with Crippen molar-refractivity contribution in [2.24, 2.45) is 0 Å². The van der Waals surface area contributed by atoms with Gasteiger partial charge >= 0.3 is 0 Å². The van der Waals surface area contributed by atoms with Gasteiger partial charge in [-0.15, -0.1) is 0 Å². The average Bonchev–Trinajstić information content (AvgIpc) is 2.66. The molecule has 0 aliphatic carbocycles. The number of amides is 2. The highest BCUT2D eigenvalue weighted by Gasteiger charge is 2.10. The minimum atomic E-state index is -0.387. The number of hydrogen-bond acceptors (Lipinski definition) is 4. The third-order valence-corrected chi connectivity index (χ3v) is 3.80. The number of benzene rings is 2. The fraction of sp³-hybridized carbons (Fsp3) is 0.300. The molecule has 0 radical (unpaired) electrons. The maximum absolute atomic E-state index is 12.2. The van der Waals surface area contributed by atoms with Crippen molar-refractivity contribution in [1.29, 1.82) is 0 Å². The Morgan fingerprint density at radius 2 is 1.62 bits per heavy atom. The van der Waals surface area contributed by atoms with E-state index in [1.807, 2.05) is 25.1 Å². The zero-order chi connectivity index (χ0) is 18.9. The Labute approximate surface area is 154 Å². The Morgan fingerprint density at radius 1 is 0.962 bits per heavy atom. The first-order valence-electron chi connectivity index (χ1n) is 8.62. The van der Waals surface area contributed by atoms with Gasteiger partial charge in [-0.25, -0.2) is 0 Å². The molecule has 0 aliphatic heterocycles. The Morgan fingerprint density at radius 3 is 2.23 bits per heavy atom. The van der Waals surface area contributed by atoms with Crippen LogP contribution in [-0.2, 0) is 0 Å². The average molecular weight is 355 g/mol. The first-order chi connectivity index (χ1) is 12.5. The predicted octanol–water partition coefficient (Wildman–Crippen LogP) is 3.01. The van der Waals surface area contributed by atoms with Crippen molar-refractivity contribution in [3.05, 3.63) is 59.7 Å². The molecule has 26 heavy (non-hydrogen) atoms. The molecule has 2 aromatic carbocycles. The molecule has 0 saturated heterocycles. The van der Waals surface area contributed by atoms with E-state index in [-0.39, 0.29) is 11.8 Å². The molecule has 6 nitrogen and oxygen atoms in total. The van der Waals surface area contributed by atoms with Gasteiger partial charge in [-0.2, -0.15) is 0 Å². The third-order valence-electron chi connectivity index (χ3n) is 3.80. The minimum absolute atomic E-state index is 0.374. The van der Waals surface area contributed by atoms with Crippen molar-refractivity contribution in [1.82, 2.24) is 10.9 Å². The fourth-order valence-electron chi connectivity index (χ4n) is 2.22. The van der Waals surface area contributed by atoms with E-state index in [0.717, 1.165) is 24.3 Å². The lowest BCUT2D eigenvalue weighted by Gasteiger charge is -2.13. The number of ether oxygens (including phenoxy) is 1. The second kappa shape index (κ2) is 9.46. The summed E-state index contributed by atoms with van der Waals surface area (Å²) in [6.45, 7) is 2.76. The van der Waals surface area contributed by atoms with Gasteiger partial charge in [0.05, 0.1) is 6.61 Å². The molecule has 0 unspecified atom stereocenters. The number of carbonyl (C=O) groups excluding carboxylic acids is 2. The van der Waals surface area contributed by atoms with Crippen LogP contribution in [0.15, 0.2) is 48.5 Å². The van der Waals surface area contributed by atoms with Crippen LogP contribution < -0.4 is 20.5 Å². The summed E-state index contributed by atoms with van der Waals surface area (Å²) in [5.41, 5.74) is 6.67. The first kappa shape index (κ1) is 19.3. The van der Waals surface area contributed by atoms with Gasteiger partial charge in [0.1, 0.15) is 5.75 Å². The number of hydrazine groups is 1. The second-order valence-corrected chi connectivity index (χ2v) is 6.08. The summed E-state index contributed by atoms with van der Waals surface area (Å²) >= 11 is 0. The van der Waals surface area contributed by atoms with E-state index in [2.05, 4.69) is 17.8 Å². The van der Waals surface area contributed by atoms with Crippen LogP contribution in [-0.4, -0.2) is 32.5 Å². The van der Waals surface area contributed by atoms with E-state index in [1.165, 1.54) is 0 Å². The van der Waals surface area contributed by atoms with Crippen LogP contribution in [0.3, 0.4) is 0 Å². The highest BCUT2D eigenvalue weighted by molar-refractivity contribution is 5.99. The normalized spacial score (nSPS) is 10.1. The lowest BCUT2D eigenvalue weighted by atomic mass is 10.2. The van der Waals surface area contributed by atoms with Gasteiger partial charge in [0.2, 0.25) is 0 Å². The van der Waals surface area contributed by atoms with Crippen LogP contribution in [0.1, 0.15) is 40.5 Å². The summed E-state index contributed by atoms with van der Waals surface area (Å²) in [4.78, 5) is 26.2. The largest absolute Gasteiger partial charge is 0.494 e. The molecule has 6 heteroatoms. The first-order valence-corrected chi connectivity index (χ1v) is 8.62. The van der Waals surface area contributed by atoms with E-state index in [9.17, 15) is 9.59 Å². The second-order valence-electron chi connectivity index (χ2n) is 6.08.